The summed E-state index contributed by atoms with van der Waals surface area (Å²) in [6.45, 7) is 2.70. The first-order chi connectivity index (χ1) is 17.9. The maximum absolute atomic E-state index is 13.5. The van der Waals surface area contributed by atoms with Gasteiger partial charge in [0.2, 0.25) is 5.88 Å². The number of halogens is 3. The molecule has 0 amide bonds. The Kier molecular flexibility index (Phi) is 5.70. The molecule has 1 aromatic carbocycles. The molecule has 6 nitrogen and oxygen atoms in total. The molecule has 188 valence electrons. The Bertz CT molecular complexity index is 1460. The number of hydrogen-bond acceptors (Lipinski definition) is 6. The van der Waals surface area contributed by atoms with Crippen molar-refractivity contribution in [2.75, 3.05) is 11.5 Å². The van der Waals surface area contributed by atoms with Crippen LogP contribution >= 0.6 is 0 Å². The average Bonchev–Trinajstić information content (AvgIpc) is 3.74. The van der Waals surface area contributed by atoms with E-state index < -0.39 is 17.6 Å². The van der Waals surface area contributed by atoms with Gasteiger partial charge in [0, 0.05) is 18.0 Å². The highest BCUT2D eigenvalue weighted by atomic mass is 19.4. The molecule has 6 rings (SSSR count). The Labute approximate surface area is 211 Å². The number of benzene rings is 1. The molecular formula is C28H23F3N4O2. The average molecular weight is 505 g/mol. The van der Waals surface area contributed by atoms with E-state index in [0.29, 0.717) is 23.8 Å². The van der Waals surface area contributed by atoms with Gasteiger partial charge in [-0.2, -0.15) is 13.2 Å². The van der Waals surface area contributed by atoms with Crippen LogP contribution in [0, 0.1) is 5.92 Å². The Morgan fingerprint density at radius 1 is 1.05 bits per heavy atom. The second-order valence-corrected chi connectivity index (χ2v) is 9.29. The minimum atomic E-state index is -4.59. The molecule has 0 N–H and O–H groups in total. The van der Waals surface area contributed by atoms with Gasteiger partial charge in [-0.1, -0.05) is 13.0 Å². The quantitative estimate of drug-likeness (QED) is 0.347. The largest absolute Gasteiger partial charge is 0.484 e. The van der Waals surface area contributed by atoms with Crippen LogP contribution in [0.15, 0.2) is 71.7 Å². The maximum Gasteiger partial charge on any atom is 0.421 e. The fourth-order valence-electron chi connectivity index (χ4n) is 4.63. The molecule has 0 bridgehead atoms. The highest BCUT2D eigenvalue weighted by Gasteiger charge is 2.35. The van der Waals surface area contributed by atoms with Crippen molar-refractivity contribution >= 4 is 29.0 Å². The standard InChI is InChI=1S/C28H23F3N4O2/c1-17-6-8-18(9-7-17)25-23(5-3-12-32-25)35-16-34-26(24-15-36-24)20-14-19(10-11-22(20)35)37-27-21(28(29,30)31)4-2-13-33-27/h2-5,8,10-14,16-17H,6-7,9,15H2,1H3/b26-24+. The van der Waals surface area contributed by atoms with Crippen molar-refractivity contribution in [1.29, 1.82) is 0 Å². The molecule has 2 aromatic heterocycles. The van der Waals surface area contributed by atoms with Crippen LogP contribution in [0.25, 0.3) is 11.3 Å². The fraction of sp³-hybridized carbons (Fsp3) is 0.250. The number of anilines is 2. The molecule has 0 saturated carbocycles. The predicted octanol–water partition coefficient (Wildman–Crippen LogP) is 7.37. The summed E-state index contributed by atoms with van der Waals surface area (Å²) in [4.78, 5) is 15.1. The van der Waals surface area contributed by atoms with Gasteiger partial charge in [0.15, 0.2) is 5.76 Å². The van der Waals surface area contributed by atoms with Gasteiger partial charge >= 0.3 is 6.18 Å². The normalized spacial score (nSPS) is 20.7. The van der Waals surface area contributed by atoms with Crippen molar-refractivity contribution < 1.29 is 22.6 Å². The first-order valence-electron chi connectivity index (χ1n) is 12.1. The van der Waals surface area contributed by atoms with E-state index in [1.807, 2.05) is 23.1 Å². The minimum absolute atomic E-state index is 0.217. The second-order valence-electron chi connectivity index (χ2n) is 9.29. The van der Waals surface area contributed by atoms with Crippen LogP contribution in [0.5, 0.6) is 11.6 Å². The summed E-state index contributed by atoms with van der Waals surface area (Å²) < 4.78 is 51.5. The molecule has 0 radical (unpaired) electrons. The van der Waals surface area contributed by atoms with Crippen molar-refractivity contribution in [3.63, 3.8) is 0 Å². The molecule has 4 heterocycles. The first kappa shape index (κ1) is 23.3. The van der Waals surface area contributed by atoms with Crippen LogP contribution in [-0.2, 0) is 10.9 Å². The maximum atomic E-state index is 13.5. The lowest BCUT2D eigenvalue weighted by Gasteiger charge is -2.29. The number of alkyl halides is 3. The summed E-state index contributed by atoms with van der Waals surface area (Å²) in [5.41, 5.74) is 4.17. The highest BCUT2D eigenvalue weighted by Crippen LogP contribution is 2.45. The summed E-state index contributed by atoms with van der Waals surface area (Å²) in [6, 6.07) is 11.2. The molecule has 1 fully saturated rings. The number of nitrogens with zero attached hydrogens (tertiary/aromatic N) is 4. The van der Waals surface area contributed by atoms with Crippen molar-refractivity contribution in [3.05, 3.63) is 83.5 Å². The van der Waals surface area contributed by atoms with E-state index in [1.54, 1.807) is 24.7 Å². The van der Waals surface area contributed by atoms with E-state index in [4.69, 9.17) is 14.5 Å². The van der Waals surface area contributed by atoms with Gasteiger partial charge in [-0.25, -0.2) is 9.98 Å². The molecule has 1 atom stereocenters. The molecular weight excluding hydrogens is 481 g/mol. The van der Waals surface area contributed by atoms with E-state index in [9.17, 15) is 13.2 Å². The molecule has 2 aliphatic heterocycles. The van der Waals surface area contributed by atoms with Crippen LogP contribution in [-0.4, -0.2) is 22.9 Å². The number of hydrogen-bond donors (Lipinski definition) is 0. The Morgan fingerprint density at radius 2 is 1.86 bits per heavy atom. The molecule has 1 aliphatic carbocycles. The third-order valence-electron chi connectivity index (χ3n) is 6.65. The van der Waals surface area contributed by atoms with Gasteiger partial charge < -0.3 is 9.47 Å². The summed E-state index contributed by atoms with van der Waals surface area (Å²) in [5.74, 6) is 1.08. The lowest BCUT2D eigenvalue weighted by Crippen LogP contribution is -2.21. The zero-order chi connectivity index (χ0) is 25.6. The fourth-order valence-corrected chi connectivity index (χ4v) is 4.63. The summed E-state index contributed by atoms with van der Waals surface area (Å²) in [7, 11) is 0. The van der Waals surface area contributed by atoms with E-state index in [1.165, 1.54) is 17.8 Å². The molecule has 9 heteroatoms. The predicted molar refractivity (Wildman–Crippen MR) is 134 cm³/mol. The summed E-state index contributed by atoms with van der Waals surface area (Å²) >= 11 is 0. The van der Waals surface area contributed by atoms with Crippen molar-refractivity contribution in [2.24, 2.45) is 10.9 Å². The number of epoxide rings is 1. The van der Waals surface area contributed by atoms with E-state index in [2.05, 4.69) is 23.0 Å². The molecule has 3 aliphatic rings. The van der Waals surface area contributed by atoms with Crippen LogP contribution < -0.4 is 9.64 Å². The molecule has 1 unspecified atom stereocenters. The van der Waals surface area contributed by atoms with Gasteiger partial charge in [-0.15, -0.1) is 0 Å². The van der Waals surface area contributed by atoms with E-state index >= 15 is 0 Å². The zero-order valence-corrected chi connectivity index (χ0v) is 20.0. The van der Waals surface area contributed by atoms with Gasteiger partial charge in [0.05, 0.1) is 17.1 Å². The minimum Gasteiger partial charge on any atom is -0.484 e. The van der Waals surface area contributed by atoms with Gasteiger partial charge in [-0.05, 0) is 73.2 Å². The number of rotatable bonds is 4. The Morgan fingerprint density at radius 3 is 2.62 bits per heavy atom. The number of pyridine rings is 2. The lowest BCUT2D eigenvalue weighted by molar-refractivity contribution is -0.138. The molecule has 1 saturated heterocycles. The van der Waals surface area contributed by atoms with Crippen LogP contribution in [0.3, 0.4) is 0 Å². The highest BCUT2D eigenvalue weighted by molar-refractivity contribution is 6.02. The number of fused-ring (bicyclic) bond motifs is 1. The third kappa shape index (κ3) is 4.57. The van der Waals surface area contributed by atoms with Crippen molar-refractivity contribution in [1.82, 2.24) is 9.97 Å². The van der Waals surface area contributed by atoms with E-state index in [0.717, 1.165) is 48.2 Å². The van der Waals surface area contributed by atoms with E-state index in [-0.39, 0.29) is 5.75 Å². The number of ether oxygens (including phenoxy) is 2. The monoisotopic (exact) mass is 504 g/mol. The SMILES string of the molecule is CC1CC=C(c2ncccc2N2C=N/C(=C3\CO3)c3cc(Oc4ncccc4C(F)(F)F)ccc32)CC1. The molecule has 0 spiro atoms. The number of aromatic nitrogens is 2. The third-order valence-corrected chi connectivity index (χ3v) is 6.65. The smallest absolute Gasteiger partial charge is 0.421 e. The van der Waals surface area contributed by atoms with Gasteiger partial charge in [0.25, 0.3) is 0 Å². The second kappa shape index (κ2) is 9.06. The van der Waals surface area contributed by atoms with Gasteiger partial charge in [-0.3, -0.25) is 9.88 Å². The number of aliphatic imine (C=N–C) groups is 1. The van der Waals surface area contributed by atoms with Crippen molar-refractivity contribution in [3.8, 4) is 11.6 Å². The van der Waals surface area contributed by atoms with Crippen LogP contribution in [0.1, 0.15) is 43.0 Å². The molecule has 37 heavy (non-hydrogen) atoms. The Balaban J connectivity index is 1.41. The first-order valence-corrected chi connectivity index (χ1v) is 12.1. The molecule has 3 aromatic rings. The summed E-state index contributed by atoms with van der Waals surface area (Å²) in [6.07, 6.45) is 5.53. The lowest BCUT2D eigenvalue weighted by atomic mass is 9.89. The topological polar surface area (TPSA) is 63.1 Å². The van der Waals surface area contributed by atoms with Crippen molar-refractivity contribution in [2.45, 2.75) is 32.4 Å². The zero-order valence-electron chi connectivity index (χ0n) is 20.0. The number of allylic oxidation sites excluding steroid dienone is 2. The van der Waals surface area contributed by atoms with Crippen LogP contribution in [0.2, 0.25) is 0 Å². The Hall–Kier alpha value is -4.14. The summed E-state index contributed by atoms with van der Waals surface area (Å²) in [5, 5.41) is 0. The van der Waals surface area contributed by atoms with Crippen LogP contribution in [0.4, 0.5) is 24.5 Å². The van der Waals surface area contributed by atoms with Gasteiger partial charge in [0.1, 0.15) is 30.0 Å².